The summed E-state index contributed by atoms with van der Waals surface area (Å²) in [6.07, 6.45) is 5.00. The van der Waals surface area contributed by atoms with Gasteiger partial charge in [-0.05, 0) is 31.2 Å². The monoisotopic (exact) mass is 310 g/mol. The predicted octanol–water partition coefficient (Wildman–Crippen LogP) is 3.69. The van der Waals surface area contributed by atoms with E-state index in [0.29, 0.717) is 5.69 Å². The normalized spacial score (nSPS) is 11.9. The molecule has 6 nitrogen and oxygen atoms in total. The van der Waals surface area contributed by atoms with E-state index in [1.54, 1.807) is 35.3 Å². The van der Waals surface area contributed by atoms with Crippen LogP contribution in [0.1, 0.15) is 18.7 Å². The van der Waals surface area contributed by atoms with Gasteiger partial charge in [-0.1, -0.05) is 18.2 Å². The average molecular weight is 310 g/mol. The molecule has 118 valence electrons. The summed E-state index contributed by atoms with van der Waals surface area (Å²) >= 11 is 0. The Labute approximate surface area is 134 Å². The minimum atomic E-state index is -0.221. The number of benzene rings is 1. The first-order valence-corrected chi connectivity index (χ1v) is 7.32. The third kappa shape index (κ3) is 3.26. The van der Waals surface area contributed by atoms with Crippen molar-refractivity contribution < 1.29 is 9.21 Å². The number of carbonyl (C=O) groups is 1. The number of nitrogens with zero attached hydrogens (tertiary/aromatic N) is 3. The summed E-state index contributed by atoms with van der Waals surface area (Å²) < 4.78 is 7.05. The van der Waals surface area contributed by atoms with Crippen LogP contribution in [0.3, 0.4) is 0 Å². The van der Waals surface area contributed by atoms with Crippen molar-refractivity contribution in [2.24, 2.45) is 0 Å². The molecule has 0 radical (unpaired) electrons. The molecule has 0 spiro atoms. The predicted molar refractivity (Wildman–Crippen MR) is 87.5 cm³/mol. The summed E-state index contributed by atoms with van der Waals surface area (Å²) in [5.74, 6) is 0.739. The zero-order chi connectivity index (χ0) is 16.2. The Bertz CT molecular complexity index is 765. The Morgan fingerprint density at radius 1 is 1.26 bits per heavy atom. The number of hydrogen-bond donors (Lipinski definition) is 1. The van der Waals surface area contributed by atoms with E-state index in [0.717, 1.165) is 11.4 Å². The zero-order valence-electron chi connectivity index (χ0n) is 13.0. The quantitative estimate of drug-likeness (QED) is 0.799. The van der Waals surface area contributed by atoms with Crippen LogP contribution in [0.15, 0.2) is 65.5 Å². The van der Waals surface area contributed by atoms with Gasteiger partial charge in [-0.15, -0.1) is 0 Å². The number of urea groups is 1. The van der Waals surface area contributed by atoms with Gasteiger partial charge in [0.15, 0.2) is 0 Å². The van der Waals surface area contributed by atoms with E-state index in [-0.39, 0.29) is 12.1 Å². The first kappa shape index (κ1) is 14.9. The van der Waals surface area contributed by atoms with Crippen molar-refractivity contribution in [3.63, 3.8) is 0 Å². The van der Waals surface area contributed by atoms with Crippen molar-refractivity contribution in [3.8, 4) is 5.69 Å². The first-order valence-electron chi connectivity index (χ1n) is 7.32. The average Bonchev–Trinajstić information content (AvgIpc) is 3.26. The van der Waals surface area contributed by atoms with Gasteiger partial charge in [0.25, 0.3) is 0 Å². The number of carbonyl (C=O) groups excluding carboxylic acids is 1. The smallest absolute Gasteiger partial charge is 0.322 e. The van der Waals surface area contributed by atoms with Gasteiger partial charge in [0.2, 0.25) is 0 Å². The first-order chi connectivity index (χ1) is 11.1. The van der Waals surface area contributed by atoms with Gasteiger partial charge in [0.1, 0.15) is 5.76 Å². The second-order valence-corrected chi connectivity index (χ2v) is 5.24. The molecule has 0 aliphatic heterocycles. The summed E-state index contributed by atoms with van der Waals surface area (Å²) in [4.78, 5) is 13.9. The van der Waals surface area contributed by atoms with Gasteiger partial charge in [-0.25, -0.2) is 9.48 Å². The van der Waals surface area contributed by atoms with Crippen LogP contribution in [-0.4, -0.2) is 27.8 Å². The zero-order valence-corrected chi connectivity index (χ0v) is 13.0. The number of rotatable bonds is 4. The molecular weight excluding hydrogens is 292 g/mol. The molecule has 23 heavy (non-hydrogen) atoms. The molecule has 0 saturated heterocycles. The molecule has 2 aromatic heterocycles. The Balaban J connectivity index is 1.67. The Morgan fingerprint density at radius 2 is 2.04 bits per heavy atom. The lowest BCUT2D eigenvalue weighted by atomic mass is 10.2. The lowest BCUT2D eigenvalue weighted by Gasteiger charge is -2.23. The highest BCUT2D eigenvalue weighted by molar-refractivity contribution is 5.89. The Morgan fingerprint density at radius 3 is 2.74 bits per heavy atom. The number of anilines is 1. The topological polar surface area (TPSA) is 63.3 Å². The number of nitrogens with one attached hydrogen (secondary N) is 1. The number of para-hydroxylation sites is 1. The molecule has 0 bridgehead atoms. The Hall–Kier alpha value is -3.02. The molecule has 2 amide bonds. The van der Waals surface area contributed by atoms with Crippen molar-refractivity contribution in [2.45, 2.75) is 13.0 Å². The molecule has 1 N–H and O–H groups in total. The third-order valence-corrected chi connectivity index (χ3v) is 3.71. The maximum atomic E-state index is 12.3. The van der Waals surface area contributed by atoms with E-state index in [1.165, 1.54) is 0 Å². The fourth-order valence-electron chi connectivity index (χ4n) is 2.22. The molecule has 3 aromatic rings. The van der Waals surface area contributed by atoms with Crippen molar-refractivity contribution in [2.75, 3.05) is 12.4 Å². The van der Waals surface area contributed by atoms with Crippen LogP contribution in [0.4, 0.5) is 10.5 Å². The molecule has 1 atom stereocenters. The molecule has 0 fully saturated rings. The molecule has 0 unspecified atom stereocenters. The van der Waals surface area contributed by atoms with Gasteiger partial charge in [-0.2, -0.15) is 5.10 Å². The van der Waals surface area contributed by atoms with E-state index >= 15 is 0 Å². The van der Waals surface area contributed by atoms with Crippen molar-refractivity contribution >= 4 is 11.7 Å². The van der Waals surface area contributed by atoms with Crippen molar-refractivity contribution in [1.82, 2.24) is 14.7 Å². The molecular formula is C17H18N4O2. The fraction of sp³-hybridized carbons (Fsp3) is 0.176. The van der Waals surface area contributed by atoms with Crippen LogP contribution in [-0.2, 0) is 0 Å². The minimum Gasteiger partial charge on any atom is -0.467 e. The van der Waals surface area contributed by atoms with Crippen LogP contribution in [0.25, 0.3) is 5.69 Å². The number of hydrogen-bond acceptors (Lipinski definition) is 3. The highest BCUT2D eigenvalue weighted by atomic mass is 16.3. The van der Waals surface area contributed by atoms with E-state index in [9.17, 15) is 4.79 Å². The van der Waals surface area contributed by atoms with Crippen LogP contribution in [0.2, 0.25) is 0 Å². The molecule has 1 aromatic carbocycles. The van der Waals surface area contributed by atoms with Crippen LogP contribution in [0, 0.1) is 0 Å². The summed E-state index contributed by atoms with van der Waals surface area (Å²) in [6.45, 7) is 1.91. The van der Waals surface area contributed by atoms with E-state index in [2.05, 4.69) is 10.4 Å². The van der Waals surface area contributed by atoms with E-state index in [1.807, 2.05) is 49.4 Å². The fourth-order valence-corrected chi connectivity index (χ4v) is 2.22. The number of furan rings is 1. The van der Waals surface area contributed by atoms with E-state index < -0.39 is 0 Å². The van der Waals surface area contributed by atoms with Crippen molar-refractivity contribution in [3.05, 3.63) is 66.9 Å². The second kappa shape index (κ2) is 6.39. The van der Waals surface area contributed by atoms with Crippen LogP contribution >= 0.6 is 0 Å². The van der Waals surface area contributed by atoms with Crippen LogP contribution in [0.5, 0.6) is 0 Å². The van der Waals surface area contributed by atoms with Gasteiger partial charge in [-0.3, -0.25) is 0 Å². The third-order valence-electron chi connectivity index (χ3n) is 3.71. The largest absolute Gasteiger partial charge is 0.467 e. The second-order valence-electron chi connectivity index (χ2n) is 5.24. The number of amides is 2. The molecule has 3 rings (SSSR count). The summed E-state index contributed by atoms with van der Waals surface area (Å²) in [5.41, 5.74) is 1.57. The SMILES string of the molecule is C[C@H](c1ccco1)N(C)C(=O)Nc1cnn(-c2ccccc2)c1. The van der Waals surface area contributed by atoms with Gasteiger partial charge in [0, 0.05) is 7.05 Å². The van der Waals surface area contributed by atoms with Gasteiger partial charge >= 0.3 is 6.03 Å². The molecule has 0 aliphatic carbocycles. The van der Waals surface area contributed by atoms with Gasteiger partial charge < -0.3 is 14.6 Å². The lowest BCUT2D eigenvalue weighted by molar-refractivity contribution is 0.201. The highest BCUT2D eigenvalue weighted by Crippen LogP contribution is 2.20. The number of aromatic nitrogens is 2. The van der Waals surface area contributed by atoms with Crippen molar-refractivity contribution in [1.29, 1.82) is 0 Å². The maximum Gasteiger partial charge on any atom is 0.322 e. The molecule has 2 heterocycles. The lowest BCUT2D eigenvalue weighted by Crippen LogP contribution is -2.33. The summed E-state index contributed by atoms with van der Waals surface area (Å²) in [6, 6.07) is 13.0. The Kier molecular flexibility index (Phi) is 4.14. The maximum absolute atomic E-state index is 12.3. The molecule has 6 heteroatoms. The minimum absolute atomic E-state index is 0.158. The summed E-state index contributed by atoms with van der Waals surface area (Å²) in [7, 11) is 1.73. The van der Waals surface area contributed by atoms with E-state index in [4.69, 9.17) is 4.42 Å². The standard InChI is InChI=1S/C17H18N4O2/c1-13(16-9-6-10-23-16)20(2)17(22)19-14-11-18-21(12-14)15-7-4-3-5-8-15/h3-13H,1-2H3,(H,19,22)/t13-/m1/s1. The molecule has 0 saturated carbocycles. The summed E-state index contributed by atoms with van der Waals surface area (Å²) in [5, 5.41) is 7.10. The van der Waals surface area contributed by atoms with Crippen LogP contribution < -0.4 is 5.32 Å². The van der Waals surface area contributed by atoms with Gasteiger partial charge in [0.05, 0.1) is 36.1 Å². The highest BCUT2D eigenvalue weighted by Gasteiger charge is 2.19. The molecule has 0 aliphatic rings.